The van der Waals surface area contributed by atoms with Gasteiger partial charge in [0.25, 0.3) is 0 Å². The lowest BCUT2D eigenvalue weighted by Gasteiger charge is -2.30. The largest absolute Gasteiger partial charge is 0.391 e. The Balaban J connectivity index is 1.49. The highest BCUT2D eigenvalue weighted by Gasteiger charge is 2.37. The number of carbonyl (C=O) groups excluding carboxylic acids is 2. The van der Waals surface area contributed by atoms with Gasteiger partial charge >= 0.3 is 0 Å². The smallest absolute Gasteiger partial charge is 0.249 e. The molecule has 4 rings (SSSR count). The molecule has 1 saturated carbocycles. The van der Waals surface area contributed by atoms with Gasteiger partial charge in [0.1, 0.15) is 11.9 Å². The molecule has 3 aliphatic rings. The molecule has 2 aliphatic heterocycles. The highest BCUT2D eigenvalue weighted by Crippen LogP contribution is 2.30. The molecule has 4 N–H and O–H groups in total. The molecule has 1 aromatic carbocycles. The standard InChI is InChI=1S/C19H24N4O3/c20-18-13-6-5-12(21-14-3-1-2-4-16(14)24)9-11(13)10-23(18)15-7-8-17(25)22-19(15)26/h5-6,9,14-16,20-21,24H,1-4,7-8,10H2,(H,22,25,26)/t14-,15?,16+/m0/s1. The maximum absolute atomic E-state index is 12.1. The van der Waals surface area contributed by atoms with Gasteiger partial charge in [0, 0.05) is 24.2 Å². The van der Waals surface area contributed by atoms with Crippen LogP contribution in [0.1, 0.15) is 49.7 Å². The van der Waals surface area contributed by atoms with E-state index >= 15 is 0 Å². The van der Waals surface area contributed by atoms with Crippen molar-refractivity contribution < 1.29 is 14.7 Å². The fourth-order valence-electron chi connectivity index (χ4n) is 4.20. The predicted octanol–water partition coefficient (Wildman–Crippen LogP) is 1.35. The van der Waals surface area contributed by atoms with Gasteiger partial charge in [-0.2, -0.15) is 0 Å². The van der Waals surface area contributed by atoms with E-state index in [2.05, 4.69) is 10.6 Å². The lowest BCUT2D eigenvalue weighted by Crippen LogP contribution is -2.52. The van der Waals surface area contributed by atoms with Crippen molar-refractivity contribution in [1.82, 2.24) is 10.2 Å². The van der Waals surface area contributed by atoms with Gasteiger partial charge in [-0.25, -0.2) is 0 Å². The summed E-state index contributed by atoms with van der Waals surface area (Å²) >= 11 is 0. The third kappa shape index (κ3) is 3.07. The van der Waals surface area contributed by atoms with Crippen LogP contribution in [0.25, 0.3) is 0 Å². The zero-order chi connectivity index (χ0) is 18.3. The molecule has 2 amide bonds. The molecule has 1 aliphatic carbocycles. The second-order valence-electron chi connectivity index (χ2n) is 7.42. The van der Waals surface area contributed by atoms with E-state index in [1.807, 2.05) is 18.2 Å². The van der Waals surface area contributed by atoms with Crippen LogP contribution in [0.2, 0.25) is 0 Å². The topological polar surface area (TPSA) is 106 Å². The molecule has 1 aromatic rings. The average Bonchev–Trinajstić information content (AvgIpc) is 2.93. The van der Waals surface area contributed by atoms with Gasteiger partial charge in [-0.3, -0.25) is 20.3 Å². The fraction of sp³-hybridized carbons (Fsp3) is 0.526. The number of aliphatic hydroxyl groups is 1. The molecular formula is C19H24N4O3. The number of amides is 2. The predicted molar refractivity (Wildman–Crippen MR) is 96.9 cm³/mol. The Morgan fingerprint density at radius 2 is 2.00 bits per heavy atom. The van der Waals surface area contributed by atoms with Crippen molar-refractivity contribution in [3.05, 3.63) is 29.3 Å². The average molecular weight is 356 g/mol. The normalized spacial score (nSPS) is 28.7. The third-order valence-electron chi connectivity index (χ3n) is 5.66. The second-order valence-corrected chi connectivity index (χ2v) is 7.42. The minimum absolute atomic E-state index is 0.0638. The fourth-order valence-corrected chi connectivity index (χ4v) is 4.20. The van der Waals surface area contributed by atoms with Crippen molar-refractivity contribution in [2.45, 2.75) is 63.3 Å². The molecule has 1 saturated heterocycles. The van der Waals surface area contributed by atoms with Crippen molar-refractivity contribution in [2.75, 3.05) is 5.32 Å². The molecule has 0 bridgehead atoms. The van der Waals surface area contributed by atoms with Crippen LogP contribution in [0.4, 0.5) is 5.69 Å². The summed E-state index contributed by atoms with van der Waals surface area (Å²) in [4.78, 5) is 25.3. The highest BCUT2D eigenvalue weighted by molar-refractivity contribution is 6.06. The molecule has 7 heteroatoms. The summed E-state index contributed by atoms with van der Waals surface area (Å²) in [6.45, 7) is 0.489. The Hall–Kier alpha value is -2.41. The Bertz CT molecular complexity index is 763. The van der Waals surface area contributed by atoms with Crippen LogP contribution in [0, 0.1) is 5.41 Å². The first-order valence-electron chi connectivity index (χ1n) is 9.30. The number of anilines is 1. The molecule has 0 aromatic heterocycles. The Labute approximate surface area is 152 Å². The van der Waals surface area contributed by atoms with E-state index in [1.54, 1.807) is 4.90 Å². The number of nitrogens with one attached hydrogen (secondary N) is 3. The number of benzene rings is 1. The van der Waals surface area contributed by atoms with Gasteiger partial charge in [0.2, 0.25) is 11.8 Å². The SMILES string of the molecule is N=C1c2ccc(N[C@H]3CCCC[C@H]3O)cc2CN1C1CCC(=O)NC1=O. The third-order valence-corrected chi connectivity index (χ3v) is 5.66. The number of rotatable bonds is 3. The Morgan fingerprint density at radius 1 is 1.19 bits per heavy atom. The van der Waals surface area contributed by atoms with Gasteiger partial charge in [-0.1, -0.05) is 12.8 Å². The second kappa shape index (κ2) is 6.72. The van der Waals surface area contributed by atoms with Crippen LogP contribution in [0.3, 0.4) is 0 Å². The van der Waals surface area contributed by atoms with Crippen LogP contribution >= 0.6 is 0 Å². The number of piperidine rings is 1. The lowest BCUT2D eigenvalue weighted by molar-refractivity contribution is -0.136. The monoisotopic (exact) mass is 356 g/mol. The number of fused-ring (bicyclic) bond motifs is 1. The van der Waals surface area contributed by atoms with E-state index in [9.17, 15) is 14.7 Å². The zero-order valence-corrected chi connectivity index (χ0v) is 14.6. The molecule has 7 nitrogen and oxygen atoms in total. The number of hydrogen-bond donors (Lipinski definition) is 4. The number of hydrogen-bond acceptors (Lipinski definition) is 5. The number of amidine groups is 1. The molecule has 26 heavy (non-hydrogen) atoms. The maximum atomic E-state index is 12.1. The summed E-state index contributed by atoms with van der Waals surface area (Å²) in [5.74, 6) is -0.228. The van der Waals surface area contributed by atoms with E-state index < -0.39 is 6.04 Å². The molecular weight excluding hydrogens is 332 g/mol. The van der Waals surface area contributed by atoms with Crippen molar-refractivity contribution in [3.63, 3.8) is 0 Å². The number of carbonyl (C=O) groups is 2. The van der Waals surface area contributed by atoms with Crippen LogP contribution in [-0.4, -0.2) is 45.8 Å². The first-order valence-corrected chi connectivity index (χ1v) is 9.30. The van der Waals surface area contributed by atoms with Crippen molar-refractivity contribution >= 4 is 23.3 Å². The van der Waals surface area contributed by atoms with Crippen LogP contribution in [-0.2, 0) is 16.1 Å². The molecule has 2 heterocycles. The minimum Gasteiger partial charge on any atom is -0.391 e. The maximum Gasteiger partial charge on any atom is 0.249 e. The van der Waals surface area contributed by atoms with E-state index in [-0.39, 0.29) is 24.0 Å². The van der Waals surface area contributed by atoms with Crippen LogP contribution in [0.5, 0.6) is 0 Å². The van der Waals surface area contributed by atoms with Gasteiger partial charge < -0.3 is 15.3 Å². The first kappa shape index (κ1) is 17.0. The quantitative estimate of drug-likeness (QED) is 0.612. The summed E-state index contributed by atoms with van der Waals surface area (Å²) in [5, 5.41) is 24.4. The van der Waals surface area contributed by atoms with Gasteiger partial charge in [0.15, 0.2) is 0 Å². The van der Waals surface area contributed by atoms with Crippen molar-refractivity contribution in [2.24, 2.45) is 0 Å². The Morgan fingerprint density at radius 3 is 2.77 bits per heavy atom. The van der Waals surface area contributed by atoms with Crippen molar-refractivity contribution in [1.29, 1.82) is 5.41 Å². The molecule has 1 unspecified atom stereocenters. The molecule has 0 spiro atoms. The summed E-state index contributed by atoms with van der Waals surface area (Å²) in [6.07, 6.45) is 4.40. The number of imide groups is 1. The van der Waals surface area contributed by atoms with Crippen LogP contribution < -0.4 is 10.6 Å². The Kier molecular flexibility index (Phi) is 4.40. The van der Waals surface area contributed by atoms with Crippen LogP contribution in [0.15, 0.2) is 18.2 Å². The number of nitrogens with zero attached hydrogens (tertiary/aromatic N) is 1. The summed E-state index contributed by atoms with van der Waals surface area (Å²) in [6, 6.07) is 5.44. The summed E-state index contributed by atoms with van der Waals surface area (Å²) in [5.41, 5.74) is 2.76. The van der Waals surface area contributed by atoms with E-state index in [0.29, 0.717) is 25.2 Å². The van der Waals surface area contributed by atoms with E-state index in [4.69, 9.17) is 5.41 Å². The van der Waals surface area contributed by atoms with E-state index in [1.165, 1.54) is 0 Å². The van der Waals surface area contributed by atoms with Crippen molar-refractivity contribution in [3.8, 4) is 0 Å². The molecule has 3 atom stereocenters. The molecule has 2 fully saturated rings. The summed E-state index contributed by atoms with van der Waals surface area (Å²) < 4.78 is 0. The molecule has 0 radical (unpaired) electrons. The lowest BCUT2D eigenvalue weighted by atomic mass is 9.92. The van der Waals surface area contributed by atoms with Gasteiger partial charge in [0.05, 0.1) is 12.1 Å². The van der Waals surface area contributed by atoms with E-state index in [0.717, 1.165) is 42.5 Å². The minimum atomic E-state index is -0.468. The highest BCUT2D eigenvalue weighted by atomic mass is 16.3. The zero-order valence-electron chi connectivity index (χ0n) is 14.6. The van der Waals surface area contributed by atoms with Gasteiger partial charge in [-0.15, -0.1) is 0 Å². The summed E-state index contributed by atoms with van der Waals surface area (Å²) in [7, 11) is 0. The van der Waals surface area contributed by atoms with Gasteiger partial charge in [-0.05, 0) is 43.0 Å². The molecule has 138 valence electrons. The first-order chi connectivity index (χ1) is 12.5. The number of aliphatic hydroxyl groups excluding tert-OH is 1.